The van der Waals surface area contributed by atoms with Gasteiger partial charge in [0.1, 0.15) is 5.60 Å². The van der Waals surface area contributed by atoms with Gasteiger partial charge in [-0.1, -0.05) is 0 Å². The normalized spacial score (nSPS) is 10.9. The van der Waals surface area contributed by atoms with Crippen molar-refractivity contribution in [2.45, 2.75) is 39.2 Å². The Kier molecular flexibility index (Phi) is 6.10. The van der Waals surface area contributed by atoms with Crippen LogP contribution < -0.4 is 5.32 Å². The van der Waals surface area contributed by atoms with Crippen LogP contribution in [0.2, 0.25) is 0 Å². The van der Waals surface area contributed by atoms with E-state index in [0.717, 1.165) is 0 Å². The molecule has 1 aromatic carbocycles. The van der Waals surface area contributed by atoms with Crippen LogP contribution in [-0.2, 0) is 9.53 Å². The summed E-state index contributed by atoms with van der Waals surface area (Å²) in [7, 11) is 0. The van der Waals surface area contributed by atoms with Crippen LogP contribution in [0.25, 0.3) is 0 Å². The summed E-state index contributed by atoms with van der Waals surface area (Å²) in [4.78, 5) is 34.0. The lowest BCUT2D eigenvalue weighted by Gasteiger charge is -2.19. The lowest BCUT2D eigenvalue weighted by Crippen LogP contribution is -2.27. The number of carboxylic acid groups (broad SMARTS) is 1. The van der Waals surface area contributed by atoms with E-state index in [9.17, 15) is 14.4 Å². The molecule has 0 bridgehead atoms. The van der Waals surface area contributed by atoms with Crippen LogP contribution in [0.1, 0.15) is 54.3 Å². The highest BCUT2D eigenvalue weighted by atomic mass is 16.6. The van der Waals surface area contributed by atoms with E-state index in [1.165, 1.54) is 24.3 Å². The number of carbonyl (C=O) groups is 3. The smallest absolute Gasteiger partial charge is 0.335 e. The Morgan fingerprint density at radius 2 is 1.64 bits per heavy atom. The van der Waals surface area contributed by atoms with E-state index in [0.29, 0.717) is 18.5 Å². The van der Waals surface area contributed by atoms with Gasteiger partial charge in [-0.25, -0.2) is 4.79 Å². The molecule has 1 amide bonds. The zero-order valence-electron chi connectivity index (χ0n) is 13.0. The van der Waals surface area contributed by atoms with Crippen molar-refractivity contribution >= 4 is 17.8 Å². The number of nitrogens with one attached hydrogen (secondary N) is 1. The molecule has 0 aliphatic carbocycles. The third-order valence-corrected chi connectivity index (χ3v) is 2.66. The summed E-state index contributed by atoms with van der Waals surface area (Å²) in [5, 5.41) is 11.4. The van der Waals surface area contributed by atoms with Crippen molar-refractivity contribution in [1.29, 1.82) is 0 Å². The Bertz CT molecular complexity index is 543. The van der Waals surface area contributed by atoms with E-state index >= 15 is 0 Å². The highest BCUT2D eigenvalue weighted by Gasteiger charge is 2.15. The summed E-state index contributed by atoms with van der Waals surface area (Å²) in [5.41, 5.74) is -0.00425. The fourth-order valence-corrected chi connectivity index (χ4v) is 1.69. The molecule has 0 aliphatic rings. The SMILES string of the molecule is CC(C)(C)OC(=O)CCCNC(=O)c1ccc(C(=O)O)cc1. The molecule has 1 rings (SSSR count). The molecule has 2 N–H and O–H groups in total. The highest BCUT2D eigenvalue weighted by molar-refractivity contribution is 5.95. The topological polar surface area (TPSA) is 92.7 Å². The largest absolute Gasteiger partial charge is 0.478 e. The second-order valence-electron chi connectivity index (χ2n) is 5.83. The first-order valence-corrected chi connectivity index (χ1v) is 7.02. The fraction of sp³-hybridized carbons (Fsp3) is 0.438. The number of carbonyl (C=O) groups excluding carboxylic acids is 2. The monoisotopic (exact) mass is 307 g/mol. The molecule has 0 atom stereocenters. The summed E-state index contributed by atoms with van der Waals surface area (Å²) in [6.07, 6.45) is 0.712. The average molecular weight is 307 g/mol. The first kappa shape index (κ1) is 17.7. The molecule has 0 saturated heterocycles. The Balaban J connectivity index is 2.34. The zero-order valence-corrected chi connectivity index (χ0v) is 13.0. The van der Waals surface area contributed by atoms with Gasteiger partial charge in [0.2, 0.25) is 0 Å². The van der Waals surface area contributed by atoms with Crippen LogP contribution in [0.15, 0.2) is 24.3 Å². The van der Waals surface area contributed by atoms with Gasteiger partial charge < -0.3 is 15.2 Å². The lowest BCUT2D eigenvalue weighted by atomic mass is 10.1. The van der Waals surface area contributed by atoms with Crippen LogP contribution in [-0.4, -0.2) is 35.1 Å². The van der Waals surface area contributed by atoms with E-state index in [2.05, 4.69) is 5.32 Å². The number of esters is 1. The third kappa shape index (κ3) is 6.39. The van der Waals surface area contributed by atoms with Crippen molar-refractivity contribution in [2.24, 2.45) is 0 Å². The second kappa shape index (κ2) is 7.59. The van der Waals surface area contributed by atoms with Crippen LogP contribution >= 0.6 is 0 Å². The van der Waals surface area contributed by atoms with Crippen molar-refractivity contribution in [3.63, 3.8) is 0 Å². The molecular weight excluding hydrogens is 286 g/mol. The molecule has 0 radical (unpaired) electrons. The molecule has 0 saturated carbocycles. The van der Waals surface area contributed by atoms with Gasteiger partial charge in [-0.15, -0.1) is 0 Å². The lowest BCUT2D eigenvalue weighted by molar-refractivity contribution is -0.154. The van der Waals surface area contributed by atoms with Crippen molar-refractivity contribution < 1.29 is 24.2 Å². The van der Waals surface area contributed by atoms with Crippen LogP contribution in [0.4, 0.5) is 0 Å². The number of carboxylic acids is 1. The summed E-state index contributed by atoms with van der Waals surface area (Å²) in [5.74, 6) is -1.64. The van der Waals surface area contributed by atoms with Crippen LogP contribution in [0.5, 0.6) is 0 Å². The van der Waals surface area contributed by atoms with E-state index in [1.54, 1.807) is 20.8 Å². The second-order valence-corrected chi connectivity index (χ2v) is 5.83. The molecule has 0 spiro atoms. The molecule has 1 aromatic rings. The molecule has 6 nitrogen and oxygen atoms in total. The maximum Gasteiger partial charge on any atom is 0.335 e. The maximum atomic E-state index is 11.8. The van der Waals surface area contributed by atoms with Gasteiger partial charge in [-0.3, -0.25) is 9.59 Å². The van der Waals surface area contributed by atoms with Gasteiger partial charge in [0.25, 0.3) is 5.91 Å². The van der Waals surface area contributed by atoms with E-state index < -0.39 is 11.6 Å². The predicted octanol–water partition coefficient (Wildman–Crippen LogP) is 2.24. The Hall–Kier alpha value is -2.37. The molecular formula is C16H21NO5. The van der Waals surface area contributed by atoms with Crippen molar-refractivity contribution in [1.82, 2.24) is 5.32 Å². The number of benzene rings is 1. The van der Waals surface area contributed by atoms with Gasteiger partial charge >= 0.3 is 11.9 Å². The number of amides is 1. The molecule has 0 heterocycles. The van der Waals surface area contributed by atoms with Crippen LogP contribution in [0, 0.1) is 0 Å². The van der Waals surface area contributed by atoms with Gasteiger partial charge in [0.05, 0.1) is 5.56 Å². The Morgan fingerprint density at radius 1 is 1.09 bits per heavy atom. The van der Waals surface area contributed by atoms with Crippen molar-refractivity contribution in [3.8, 4) is 0 Å². The highest BCUT2D eigenvalue weighted by Crippen LogP contribution is 2.09. The predicted molar refractivity (Wildman–Crippen MR) is 80.8 cm³/mol. The van der Waals surface area contributed by atoms with E-state index in [1.807, 2.05) is 0 Å². The van der Waals surface area contributed by atoms with E-state index in [-0.39, 0.29) is 23.9 Å². The fourth-order valence-electron chi connectivity index (χ4n) is 1.69. The van der Waals surface area contributed by atoms with Crippen molar-refractivity contribution in [3.05, 3.63) is 35.4 Å². The number of aromatic carboxylic acids is 1. The first-order valence-electron chi connectivity index (χ1n) is 7.02. The summed E-state index contributed by atoms with van der Waals surface area (Å²) in [6.45, 7) is 5.74. The number of hydrogen-bond acceptors (Lipinski definition) is 4. The average Bonchev–Trinajstić information content (AvgIpc) is 2.41. The zero-order chi connectivity index (χ0) is 16.8. The minimum Gasteiger partial charge on any atom is -0.478 e. The maximum absolute atomic E-state index is 11.8. The summed E-state index contributed by atoms with van der Waals surface area (Å²) < 4.78 is 5.16. The molecule has 22 heavy (non-hydrogen) atoms. The Labute approximate surface area is 129 Å². The summed E-state index contributed by atoms with van der Waals surface area (Å²) in [6, 6.07) is 5.65. The van der Waals surface area contributed by atoms with E-state index in [4.69, 9.17) is 9.84 Å². The standard InChI is InChI=1S/C16H21NO5/c1-16(2,3)22-13(18)5-4-10-17-14(19)11-6-8-12(9-7-11)15(20)21/h6-9H,4-5,10H2,1-3H3,(H,17,19)(H,20,21). The van der Waals surface area contributed by atoms with Crippen LogP contribution in [0.3, 0.4) is 0 Å². The minimum absolute atomic E-state index is 0.126. The number of ether oxygens (including phenoxy) is 1. The summed E-state index contributed by atoms with van der Waals surface area (Å²) >= 11 is 0. The van der Waals surface area contributed by atoms with Gasteiger partial charge in [-0.2, -0.15) is 0 Å². The van der Waals surface area contributed by atoms with Gasteiger partial charge in [0.15, 0.2) is 0 Å². The minimum atomic E-state index is -1.04. The molecule has 0 fully saturated rings. The molecule has 0 aromatic heterocycles. The first-order chi connectivity index (χ1) is 10.2. The third-order valence-electron chi connectivity index (χ3n) is 2.66. The molecule has 0 unspecified atom stereocenters. The molecule has 120 valence electrons. The number of rotatable bonds is 6. The van der Waals surface area contributed by atoms with Gasteiger partial charge in [-0.05, 0) is 51.5 Å². The molecule has 6 heteroatoms. The number of hydrogen-bond donors (Lipinski definition) is 2. The Morgan fingerprint density at radius 3 is 2.14 bits per heavy atom. The quantitative estimate of drug-likeness (QED) is 0.621. The molecule has 0 aliphatic heterocycles. The van der Waals surface area contributed by atoms with Crippen molar-refractivity contribution in [2.75, 3.05) is 6.54 Å². The van der Waals surface area contributed by atoms with Gasteiger partial charge in [0, 0.05) is 18.5 Å².